The average Bonchev–Trinajstić information content (AvgIpc) is 3.20. The molecule has 2 heterocycles. The fraction of sp³-hybridized carbons (Fsp3) is 0.100. The first-order valence-electron chi connectivity index (χ1n) is 8.91. The summed E-state index contributed by atoms with van der Waals surface area (Å²) in [5, 5.41) is 32.2. The molecule has 3 aromatic rings. The molecule has 0 saturated heterocycles. The van der Waals surface area contributed by atoms with Crippen molar-refractivity contribution >= 4 is 46.7 Å². The zero-order chi connectivity index (χ0) is 22.3. The molecule has 0 fully saturated rings. The maximum atomic E-state index is 12.5. The summed E-state index contributed by atoms with van der Waals surface area (Å²) in [5.74, 6) is -2.39. The van der Waals surface area contributed by atoms with Crippen molar-refractivity contribution in [2.24, 2.45) is 4.99 Å². The number of non-ortho nitro benzene ring substituents is 1. The number of aliphatic carboxylic acids is 1. The Balaban J connectivity index is 1.89. The summed E-state index contributed by atoms with van der Waals surface area (Å²) < 4.78 is 1.13. The summed E-state index contributed by atoms with van der Waals surface area (Å²) in [6.45, 7) is 0. The normalized spacial score (nSPS) is 13.5. The summed E-state index contributed by atoms with van der Waals surface area (Å²) in [7, 11) is 0. The molecule has 1 aliphatic heterocycles. The van der Waals surface area contributed by atoms with Crippen LogP contribution in [0.5, 0.6) is 5.88 Å². The summed E-state index contributed by atoms with van der Waals surface area (Å²) in [6, 6.07) is 11.4. The van der Waals surface area contributed by atoms with Crippen LogP contribution in [0.4, 0.5) is 5.69 Å². The van der Waals surface area contributed by atoms with Gasteiger partial charge < -0.3 is 10.2 Å². The van der Waals surface area contributed by atoms with Crippen LogP contribution in [0.3, 0.4) is 0 Å². The quantitative estimate of drug-likeness (QED) is 0.330. The highest BCUT2D eigenvalue weighted by Crippen LogP contribution is 2.36. The van der Waals surface area contributed by atoms with Gasteiger partial charge in [0.05, 0.1) is 15.9 Å². The smallest absolute Gasteiger partial charge is 0.327 e. The van der Waals surface area contributed by atoms with E-state index in [0.29, 0.717) is 0 Å². The first kappa shape index (κ1) is 20.6. The number of carboxylic acid groups (broad SMARTS) is 1. The zero-order valence-corrected chi connectivity index (χ0v) is 17.2. The number of aromatic nitrogens is 1. The number of hydrogen-bond acceptors (Lipinski definition) is 7. The molecule has 1 atom stereocenters. The van der Waals surface area contributed by atoms with E-state index in [2.05, 4.69) is 4.99 Å². The lowest BCUT2D eigenvalue weighted by molar-refractivity contribution is -0.385. The highest BCUT2D eigenvalue weighted by atomic mass is 32.1. The van der Waals surface area contributed by atoms with Gasteiger partial charge in [-0.05, 0) is 23.8 Å². The van der Waals surface area contributed by atoms with Crippen LogP contribution in [-0.2, 0) is 16.0 Å². The lowest BCUT2D eigenvalue weighted by Crippen LogP contribution is -2.23. The largest absolute Gasteiger partial charge is 0.493 e. The third kappa shape index (κ3) is 3.64. The van der Waals surface area contributed by atoms with Gasteiger partial charge in [-0.25, -0.2) is 9.79 Å². The van der Waals surface area contributed by atoms with Crippen LogP contribution in [-0.4, -0.2) is 31.6 Å². The second-order valence-electron chi connectivity index (χ2n) is 6.68. The molecule has 31 heavy (non-hydrogen) atoms. The van der Waals surface area contributed by atoms with Crippen molar-refractivity contribution in [1.29, 1.82) is 0 Å². The molecule has 0 bridgehead atoms. The molecule has 9 nitrogen and oxygen atoms in total. The van der Waals surface area contributed by atoms with Gasteiger partial charge in [0.25, 0.3) is 11.6 Å². The fourth-order valence-electron chi connectivity index (χ4n) is 3.38. The topological polar surface area (TPSA) is 135 Å². The standard InChI is InChI=1S/C20H13N3O6S2/c24-17-15(12-9-11(23(28)29)6-7-13(12)21-17)16-18(25)22(20(30)31-16)14(19(26)27)8-10-4-2-1-3-5-10/h1-7,9,14,25H,8H2,(H,26,27). The van der Waals surface area contributed by atoms with Crippen molar-refractivity contribution in [1.82, 2.24) is 4.57 Å². The van der Waals surface area contributed by atoms with Crippen LogP contribution < -0.4 is 10.6 Å². The van der Waals surface area contributed by atoms with E-state index in [1.54, 1.807) is 30.3 Å². The molecular weight excluding hydrogens is 442 g/mol. The van der Waals surface area contributed by atoms with Gasteiger partial charge in [0.15, 0.2) is 3.95 Å². The van der Waals surface area contributed by atoms with Crippen molar-refractivity contribution in [3.8, 4) is 5.88 Å². The third-order valence-corrected chi connectivity index (χ3v) is 6.22. The zero-order valence-electron chi connectivity index (χ0n) is 15.6. The molecule has 0 saturated carbocycles. The number of amides is 1. The number of benzene rings is 2. The van der Waals surface area contributed by atoms with Gasteiger partial charge in [-0.2, -0.15) is 0 Å². The number of thiazole rings is 1. The van der Waals surface area contributed by atoms with Crippen molar-refractivity contribution in [3.05, 3.63) is 83.6 Å². The average molecular weight is 455 g/mol. The predicted octanol–water partition coefficient (Wildman–Crippen LogP) is 2.12. The van der Waals surface area contributed by atoms with E-state index < -0.39 is 28.7 Å². The van der Waals surface area contributed by atoms with Gasteiger partial charge in [0.1, 0.15) is 10.9 Å². The van der Waals surface area contributed by atoms with Crippen molar-refractivity contribution in [2.75, 3.05) is 0 Å². The first-order chi connectivity index (χ1) is 14.8. The van der Waals surface area contributed by atoms with E-state index >= 15 is 0 Å². The number of fused-ring (bicyclic) bond motifs is 1. The number of nitrogens with zero attached hydrogens (tertiary/aromatic N) is 3. The second-order valence-corrected chi connectivity index (χ2v) is 8.33. The van der Waals surface area contributed by atoms with E-state index in [1.165, 1.54) is 18.2 Å². The molecule has 0 spiro atoms. The molecular formula is C20H13N3O6S2. The lowest BCUT2D eigenvalue weighted by atomic mass is 10.1. The number of carbonyl (C=O) groups is 2. The number of nitro groups is 1. The Morgan fingerprint density at radius 3 is 2.61 bits per heavy atom. The van der Waals surface area contributed by atoms with Gasteiger partial charge in [0.2, 0.25) is 5.88 Å². The number of carbonyl (C=O) groups excluding carboxylic acids is 1. The van der Waals surface area contributed by atoms with Crippen LogP contribution in [0.15, 0.2) is 53.5 Å². The van der Waals surface area contributed by atoms with Crippen LogP contribution in [0.25, 0.3) is 5.57 Å². The molecule has 1 unspecified atom stereocenters. The number of carboxylic acids is 1. The molecule has 1 aliphatic rings. The molecule has 0 radical (unpaired) electrons. The van der Waals surface area contributed by atoms with E-state index in [9.17, 15) is 29.9 Å². The minimum atomic E-state index is -1.21. The molecule has 2 aromatic carbocycles. The monoisotopic (exact) mass is 455 g/mol. The second kappa shape index (κ2) is 7.85. The van der Waals surface area contributed by atoms with Crippen molar-refractivity contribution < 1.29 is 24.7 Å². The Morgan fingerprint density at radius 1 is 1.26 bits per heavy atom. The summed E-state index contributed by atoms with van der Waals surface area (Å²) in [6.07, 6.45) is 0.0595. The first-order valence-corrected chi connectivity index (χ1v) is 10.1. The Labute approximate surface area is 183 Å². The third-order valence-electron chi connectivity index (χ3n) is 4.81. The van der Waals surface area contributed by atoms with Gasteiger partial charge in [-0.15, -0.1) is 11.3 Å². The maximum absolute atomic E-state index is 12.5. The fourth-order valence-corrected chi connectivity index (χ4v) is 4.82. The summed E-state index contributed by atoms with van der Waals surface area (Å²) in [4.78, 5) is 39.0. The van der Waals surface area contributed by atoms with Gasteiger partial charge in [0, 0.05) is 23.8 Å². The van der Waals surface area contributed by atoms with Crippen molar-refractivity contribution in [3.63, 3.8) is 0 Å². The number of rotatable bonds is 6. The minimum Gasteiger partial charge on any atom is -0.493 e. The highest BCUT2D eigenvalue weighted by Gasteiger charge is 2.31. The van der Waals surface area contributed by atoms with E-state index in [1.807, 2.05) is 0 Å². The molecule has 1 aromatic heterocycles. The Morgan fingerprint density at radius 2 is 1.97 bits per heavy atom. The van der Waals surface area contributed by atoms with Gasteiger partial charge in [-0.3, -0.25) is 19.5 Å². The molecule has 1 amide bonds. The number of nitro benzene ring substituents is 1. The molecule has 0 aliphatic carbocycles. The van der Waals surface area contributed by atoms with E-state index in [0.717, 1.165) is 21.5 Å². The van der Waals surface area contributed by atoms with Crippen LogP contribution in [0.2, 0.25) is 0 Å². The summed E-state index contributed by atoms with van der Waals surface area (Å²) >= 11 is 6.16. The minimum absolute atomic E-state index is 0.0253. The molecule has 2 N–H and O–H groups in total. The number of aromatic hydroxyl groups is 1. The van der Waals surface area contributed by atoms with Crippen LogP contribution >= 0.6 is 23.6 Å². The lowest BCUT2D eigenvalue weighted by Gasteiger charge is -2.15. The maximum Gasteiger partial charge on any atom is 0.327 e. The van der Waals surface area contributed by atoms with Crippen LogP contribution in [0.1, 0.15) is 16.5 Å². The van der Waals surface area contributed by atoms with Gasteiger partial charge >= 0.3 is 5.97 Å². The SMILES string of the molecule is O=C1N=c2ccc([N+](=O)[O-])cc2=C1c1sc(=S)n(C(Cc2ccccc2)C(=O)O)c1O. The highest BCUT2D eigenvalue weighted by molar-refractivity contribution is 7.73. The van der Waals surface area contributed by atoms with Crippen molar-refractivity contribution in [2.45, 2.75) is 12.5 Å². The number of hydrogen-bond donors (Lipinski definition) is 2. The van der Waals surface area contributed by atoms with Gasteiger partial charge in [-0.1, -0.05) is 30.3 Å². The predicted molar refractivity (Wildman–Crippen MR) is 113 cm³/mol. The van der Waals surface area contributed by atoms with E-state index in [-0.39, 0.29) is 37.1 Å². The Kier molecular flexibility index (Phi) is 5.21. The Hall–Kier alpha value is -3.70. The molecule has 156 valence electrons. The Bertz CT molecular complexity index is 1430. The molecule has 11 heteroatoms. The van der Waals surface area contributed by atoms with Crippen LogP contribution in [0, 0.1) is 14.1 Å². The molecule has 4 rings (SSSR count). The summed E-state index contributed by atoms with van der Waals surface area (Å²) in [5.41, 5.74) is 0.440. The van der Waals surface area contributed by atoms with E-state index in [4.69, 9.17) is 12.2 Å².